The number of hydrogen-bond donors (Lipinski definition) is 2. The summed E-state index contributed by atoms with van der Waals surface area (Å²) in [6.07, 6.45) is 11.2. The van der Waals surface area contributed by atoms with E-state index in [0.717, 1.165) is 18.8 Å². The number of fused-ring (bicyclic) bond motifs is 2. The molecule has 1 aromatic rings. The van der Waals surface area contributed by atoms with Crippen LogP contribution in [0.25, 0.3) is 0 Å². The van der Waals surface area contributed by atoms with Gasteiger partial charge >= 0.3 is 0 Å². The van der Waals surface area contributed by atoms with E-state index in [1.165, 1.54) is 49.7 Å². The molecule has 0 aliphatic heterocycles. The standard InChI is InChI=1S/C29H40O3/c1-5-18-6-8-19(9-7-18)14-20-10-12-28(17-20)13-11-21-15-22-25-23(30)16-24(32-4)29(25,31)26(21,2)27(22,28)3/h6-9,16,20-22,24-25,30-31H,5,10-15,17H2,1-4H3. The molecule has 0 amide bonds. The van der Waals surface area contributed by atoms with E-state index < -0.39 is 11.7 Å². The highest BCUT2D eigenvalue weighted by Gasteiger charge is 2.86. The van der Waals surface area contributed by atoms with E-state index in [1.807, 2.05) is 6.08 Å². The van der Waals surface area contributed by atoms with Crippen molar-refractivity contribution < 1.29 is 14.9 Å². The quantitative estimate of drug-likeness (QED) is 0.622. The molecule has 5 aliphatic carbocycles. The molecule has 1 spiro atoms. The van der Waals surface area contributed by atoms with Gasteiger partial charge < -0.3 is 14.9 Å². The predicted molar refractivity (Wildman–Crippen MR) is 126 cm³/mol. The van der Waals surface area contributed by atoms with Gasteiger partial charge in [0.1, 0.15) is 11.7 Å². The SMILES string of the molecule is CCc1ccc(CC2CCC3(CCC4CC5C6C(O)=CC(OC)C6(O)C4(C)C53C)C2)cc1. The molecule has 3 heteroatoms. The zero-order valence-electron chi connectivity index (χ0n) is 20.2. The lowest BCUT2D eigenvalue weighted by atomic mass is 9.44. The highest BCUT2D eigenvalue weighted by Crippen LogP contribution is 2.86. The Balaban J connectivity index is 1.34. The maximum atomic E-state index is 12.3. The highest BCUT2D eigenvalue weighted by molar-refractivity contribution is 5.41. The molecule has 4 bridgehead atoms. The number of methoxy groups -OCH3 is 1. The van der Waals surface area contributed by atoms with Crippen molar-refractivity contribution >= 4 is 0 Å². The van der Waals surface area contributed by atoms with Gasteiger partial charge in [-0.25, -0.2) is 0 Å². The second kappa shape index (κ2) is 6.63. The summed E-state index contributed by atoms with van der Waals surface area (Å²) in [5, 5.41) is 23.3. The Morgan fingerprint density at radius 2 is 1.72 bits per heavy atom. The molecule has 5 aliphatic rings. The minimum atomic E-state index is -0.977. The first-order valence-electron chi connectivity index (χ1n) is 13.0. The Labute approximate surface area is 193 Å². The fraction of sp³-hybridized carbons (Fsp3) is 0.724. The van der Waals surface area contributed by atoms with Crippen molar-refractivity contribution in [2.75, 3.05) is 7.11 Å². The number of aliphatic hydroxyl groups is 2. The van der Waals surface area contributed by atoms with Crippen molar-refractivity contribution in [2.24, 2.45) is 39.9 Å². The topological polar surface area (TPSA) is 49.7 Å². The number of benzene rings is 1. The van der Waals surface area contributed by atoms with Gasteiger partial charge in [-0.05, 0) is 97.2 Å². The van der Waals surface area contributed by atoms with Crippen LogP contribution in [0.5, 0.6) is 0 Å². The van der Waals surface area contributed by atoms with Crippen molar-refractivity contribution in [2.45, 2.75) is 83.8 Å². The summed E-state index contributed by atoms with van der Waals surface area (Å²) < 4.78 is 5.81. The largest absolute Gasteiger partial charge is 0.512 e. The Morgan fingerprint density at radius 3 is 2.41 bits per heavy atom. The molecule has 4 fully saturated rings. The Bertz CT molecular complexity index is 952. The minimum absolute atomic E-state index is 0.0438. The van der Waals surface area contributed by atoms with Gasteiger partial charge in [-0.1, -0.05) is 45.0 Å². The van der Waals surface area contributed by atoms with Gasteiger partial charge in [0.25, 0.3) is 0 Å². The molecule has 2 N–H and O–H groups in total. The second-order valence-electron chi connectivity index (χ2n) is 12.3. The van der Waals surface area contributed by atoms with Crippen molar-refractivity contribution in [3.8, 4) is 0 Å². The van der Waals surface area contributed by atoms with Crippen molar-refractivity contribution in [3.05, 3.63) is 47.2 Å². The van der Waals surface area contributed by atoms with Crippen LogP contribution in [0, 0.1) is 39.9 Å². The fourth-order valence-electron chi connectivity index (χ4n) is 10.4. The number of ether oxygens (including phenoxy) is 1. The highest BCUT2D eigenvalue weighted by atomic mass is 16.5. The number of aliphatic hydroxyl groups excluding tert-OH is 1. The molecule has 0 aromatic heterocycles. The first-order chi connectivity index (χ1) is 15.2. The molecule has 1 aromatic carbocycles. The third-order valence-electron chi connectivity index (χ3n) is 12.0. The maximum absolute atomic E-state index is 12.3. The number of aryl methyl sites for hydroxylation is 1. The van der Waals surface area contributed by atoms with Gasteiger partial charge in [-0.3, -0.25) is 0 Å². The van der Waals surface area contributed by atoms with Crippen molar-refractivity contribution in [3.63, 3.8) is 0 Å². The van der Waals surface area contributed by atoms with E-state index >= 15 is 0 Å². The minimum Gasteiger partial charge on any atom is -0.512 e. The molecule has 0 radical (unpaired) electrons. The summed E-state index contributed by atoms with van der Waals surface area (Å²) in [5.74, 6) is 1.83. The van der Waals surface area contributed by atoms with Gasteiger partial charge in [-0.2, -0.15) is 0 Å². The molecular weight excluding hydrogens is 396 g/mol. The Hall–Kier alpha value is -1.32. The molecule has 174 valence electrons. The third-order valence-corrected chi connectivity index (χ3v) is 12.0. The molecule has 9 atom stereocenters. The Kier molecular flexibility index (Phi) is 4.40. The summed E-state index contributed by atoms with van der Waals surface area (Å²) in [4.78, 5) is 0. The predicted octanol–water partition coefficient (Wildman–Crippen LogP) is 5.85. The molecule has 0 heterocycles. The van der Waals surface area contributed by atoms with E-state index in [-0.39, 0.29) is 22.2 Å². The summed E-state index contributed by atoms with van der Waals surface area (Å²) >= 11 is 0. The van der Waals surface area contributed by atoms with Crippen LogP contribution < -0.4 is 0 Å². The van der Waals surface area contributed by atoms with E-state index in [9.17, 15) is 10.2 Å². The van der Waals surface area contributed by atoms with Crippen molar-refractivity contribution in [1.29, 1.82) is 0 Å². The first-order valence-corrected chi connectivity index (χ1v) is 13.0. The van der Waals surface area contributed by atoms with E-state index in [1.54, 1.807) is 7.11 Å². The smallest absolute Gasteiger partial charge is 0.111 e. The van der Waals surface area contributed by atoms with E-state index in [4.69, 9.17) is 4.74 Å². The van der Waals surface area contributed by atoms with Gasteiger partial charge in [0, 0.05) is 12.5 Å². The molecule has 4 saturated carbocycles. The van der Waals surface area contributed by atoms with Gasteiger partial charge in [-0.15, -0.1) is 0 Å². The van der Waals surface area contributed by atoms with Crippen LogP contribution in [0.4, 0.5) is 0 Å². The summed E-state index contributed by atoms with van der Waals surface area (Å²) in [6, 6.07) is 9.26. The third kappa shape index (κ3) is 2.17. The monoisotopic (exact) mass is 436 g/mol. The molecular formula is C29H40O3. The van der Waals surface area contributed by atoms with Crippen LogP contribution in [0.1, 0.15) is 70.4 Å². The number of hydrogen-bond acceptors (Lipinski definition) is 3. The van der Waals surface area contributed by atoms with Crippen LogP contribution in [-0.2, 0) is 17.6 Å². The average Bonchev–Trinajstić information content (AvgIpc) is 3.40. The zero-order chi connectivity index (χ0) is 22.5. The maximum Gasteiger partial charge on any atom is 0.111 e. The van der Waals surface area contributed by atoms with Crippen LogP contribution in [0.15, 0.2) is 36.1 Å². The van der Waals surface area contributed by atoms with Crippen molar-refractivity contribution in [1.82, 2.24) is 0 Å². The summed E-state index contributed by atoms with van der Waals surface area (Å²) in [7, 11) is 1.69. The van der Waals surface area contributed by atoms with Gasteiger partial charge in [0.15, 0.2) is 0 Å². The van der Waals surface area contributed by atoms with Crippen LogP contribution in [0.2, 0.25) is 0 Å². The molecule has 0 saturated heterocycles. The lowest BCUT2D eigenvalue weighted by molar-refractivity contribution is -0.218. The lowest BCUT2D eigenvalue weighted by Crippen LogP contribution is -2.64. The van der Waals surface area contributed by atoms with Crippen LogP contribution in [-0.4, -0.2) is 29.0 Å². The average molecular weight is 437 g/mol. The molecule has 9 unspecified atom stereocenters. The van der Waals surface area contributed by atoms with Gasteiger partial charge in [0.2, 0.25) is 0 Å². The first kappa shape index (κ1) is 21.2. The van der Waals surface area contributed by atoms with Crippen LogP contribution >= 0.6 is 0 Å². The van der Waals surface area contributed by atoms with E-state index in [2.05, 4.69) is 45.0 Å². The zero-order valence-corrected chi connectivity index (χ0v) is 20.2. The fourth-order valence-corrected chi connectivity index (χ4v) is 10.4. The normalized spacial score (nSPS) is 50.8. The lowest BCUT2D eigenvalue weighted by Gasteiger charge is -2.61. The van der Waals surface area contributed by atoms with Crippen LogP contribution in [0.3, 0.4) is 0 Å². The summed E-state index contributed by atoms with van der Waals surface area (Å²) in [6.45, 7) is 7.09. The molecule has 6 rings (SSSR count). The summed E-state index contributed by atoms with van der Waals surface area (Å²) in [5.41, 5.74) is 2.01. The van der Waals surface area contributed by atoms with E-state index in [0.29, 0.717) is 17.6 Å². The molecule has 32 heavy (non-hydrogen) atoms. The second-order valence-corrected chi connectivity index (χ2v) is 12.3. The van der Waals surface area contributed by atoms with Gasteiger partial charge in [0.05, 0.1) is 11.7 Å². The Morgan fingerprint density at radius 1 is 1.03 bits per heavy atom. The number of rotatable bonds is 4. The molecule has 3 nitrogen and oxygen atoms in total.